The van der Waals surface area contributed by atoms with Crippen LogP contribution in [0.5, 0.6) is 0 Å². The maximum atomic E-state index is 11.0. The fourth-order valence-electron chi connectivity index (χ4n) is 1.42. The van der Waals surface area contributed by atoms with Crippen LogP contribution in [0.4, 0.5) is 0 Å². The molecule has 1 fully saturated rings. The minimum atomic E-state index is 0.134. The third-order valence-corrected chi connectivity index (χ3v) is 2.38. The summed E-state index contributed by atoms with van der Waals surface area (Å²) in [6.45, 7) is 5.56. The van der Waals surface area contributed by atoms with Gasteiger partial charge in [-0.2, -0.15) is 0 Å². The van der Waals surface area contributed by atoms with Gasteiger partial charge in [0.05, 0.1) is 6.61 Å². The second-order valence-electron chi connectivity index (χ2n) is 3.33. The number of ether oxygens (including phenoxy) is 1. The van der Waals surface area contributed by atoms with E-state index in [0.29, 0.717) is 12.3 Å². The Bertz CT molecular complexity index is 153. The molecule has 1 heterocycles. The van der Waals surface area contributed by atoms with Crippen LogP contribution in [0.3, 0.4) is 0 Å². The smallest absolute Gasteiger partial charge is 0.219 e. The van der Waals surface area contributed by atoms with E-state index in [-0.39, 0.29) is 11.9 Å². The second kappa shape index (κ2) is 4.45. The Morgan fingerprint density at radius 1 is 1.75 bits per heavy atom. The SMILES string of the molecule is CCC(=O)NC(C)C1CCOC1. The molecule has 3 nitrogen and oxygen atoms in total. The van der Waals surface area contributed by atoms with Crippen molar-refractivity contribution in [1.29, 1.82) is 0 Å². The third-order valence-electron chi connectivity index (χ3n) is 2.38. The van der Waals surface area contributed by atoms with E-state index in [1.165, 1.54) is 0 Å². The van der Waals surface area contributed by atoms with Gasteiger partial charge in [-0.1, -0.05) is 6.92 Å². The predicted octanol–water partition coefficient (Wildman–Crippen LogP) is 0.938. The van der Waals surface area contributed by atoms with E-state index in [2.05, 4.69) is 5.32 Å². The summed E-state index contributed by atoms with van der Waals surface area (Å²) in [4.78, 5) is 11.0. The van der Waals surface area contributed by atoms with E-state index in [1.807, 2.05) is 13.8 Å². The average molecular weight is 171 g/mol. The Kier molecular flexibility index (Phi) is 3.53. The van der Waals surface area contributed by atoms with Gasteiger partial charge >= 0.3 is 0 Å². The number of rotatable bonds is 3. The average Bonchev–Trinajstić information content (AvgIpc) is 2.56. The molecule has 0 aromatic rings. The highest BCUT2D eigenvalue weighted by Gasteiger charge is 2.22. The molecule has 1 saturated heterocycles. The first kappa shape index (κ1) is 9.52. The normalized spacial score (nSPS) is 25.3. The summed E-state index contributed by atoms with van der Waals surface area (Å²) in [5.74, 6) is 0.648. The lowest BCUT2D eigenvalue weighted by atomic mass is 10.0. The molecule has 70 valence electrons. The zero-order valence-electron chi connectivity index (χ0n) is 7.80. The van der Waals surface area contributed by atoms with Crippen LogP contribution in [0.1, 0.15) is 26.7 Å². The molecule has 1 amide bonds. The lowest BCUT2D eigenvalue weighted by Crippen LogP contribution is -2.37. The molecule has 0 radical (unpaired) electrons. The van der Waals surface area contributed by atoms with Crippen LogP contribution < -0.4 is 5.32 Å². The Morgan fingerprint density at radius 3 is 3.00 bits per heavy atom. The maximum Gasteiger partial charge on any atom is 0.219 e. The third kappa shape index (κ3) is 2.48. The summed E-state index contributed by atoms with van der Waals surface area (Å²) < 4.78 is 5.24. The van der Waals surface area contributed by atoms with Gasteiger partial charge in [0, 0.05) is 25.0 Å². The van der Waals surface area contributed by atoms with Crippen LogP contribution >= 0.6 is 0 Å². The van der Waals surface area contributed by atoms with Gasteiger partial charge in [-0.25, -0.2) is 0 Å². The highest BCUT2D eigenvalue weighted by Crippen LogP contribution is 2.16. The Labute approximate surface area is 73.5 Å². The van der Waals surface area contributed by atoms with Gasteiger partial charge in [0.2, 0.25) is 5.91 Å². The predicted molar refractivity (Wildman–Crippen MR) is 46.8 cm³/mol. The van der Waals surface area contributed by atoms with E-state index < -0.39 is 0 Å². The summed E-state index contributed by atoms with van der Waals surface area (Å²) in [7, 11) is 0. The molecule has 2 atom stereocenters. The molecule has 1 N–H and O–H groups in total. The summed E-state index contributed by atoms with van der Waals surface area (Å²) in [6, 6.07) is 0.264. The molecule has 0 saturated carbocycles. The zero-order valence-corrected chi connectivity index (χ0v) is 7.80. The van der Waals surface area contributed by atoms with Gasteiger partial charge in [0.25, 0.3) is 0 Å². The summed E-state index contributed by atoms with van der Waals surface area (Å²) in [6.07, 6.45) is 1.64. The standard InChI is InChI=1S/C9H17NO2/c1-3-9(11)10-7(2)8-4-5-12-6-8/h7-8H,3-6H2,1-2H3,(H,10,11). The molecule has 0 bridgehead atoms. The second-order valence-corrected chi connectivity index (χ2v) is 3.33. The van der Waals surface area contributed by atoms with E-state index >= 15 is 0 Å². The van der Waals surface area contributed by atoms with Crippen molar-refractivity contribution in [3.05, 3.63) is 0 Å². The minimum Gasteiger partial charge on any atom is -0.381 e. The molecular weight excluding hydrogens is 154 g/mol. The van der Waals surface area contributed by atoms with E-state index in [0.717, 1.165) is 19.6 Å². The first-order valence-electron chi connectivity index (χ1n) is 4.61. The molecule has 1 rings (SSSR count). The quantitative estimate of drug-likeness (QED) is 0.686. The monoisotopic (exact) mass is 171 g/mol. The first-order valence-corrected chi connectivity index (χ1v) is 4.61. The van der Waals surface area contributed by atoms with Crippen molar-refractivity contribution in [3.63, 3.8) is 0 Å². The van der Waals surface area contributed by atoms with Gasteiger partial charge in [0.15, 0.2) is 0 Å². The molecule has 0 aromatic heterocycles. The molecule has 1 aliphatic heterocycles. The topological polar surface area (TPSA) is 38.3 Å². The molecule has 2 unspecified atom stereocenters. The van der Waals surface area contributed by atoms with Crippen molar-refractivity contribution in [2.45, 2.75) is 32.7 Å². The summed E-state index contributed by atoms with van der Waals surface area (Å²) in [5, 5.41) is 2.95. The lowest BCUT2D eigenvalue weighted by Gasteiger charge is -2.18. The molecule has 1 aliphatic rings. The molecule has 12 heavy (non-hydrogen) atoms. The van der Waals surface area contributed by atoms with Crippen LogP contribution in [-0.4, -0.2) is 25.2 Å². The van der Waals surface area contributed by atoms with Crippen molar-refractivity contribution in [3.8, 4) is 0 Å². The van der Waals surface area contributed by atoms with Crippen LogP contribution in [0.2, 0.25) is 0 Å². The zero-order chi connectivity index (χ0) is 8.97. The Morgan fingerprint density at radius 2 is 2.50 bits per heavy atom. The number of amides is 1. The number of carbonyl (C=O) groups excluding carboxylic acids is 1. The molecule has 0 spiro atoms. The van der Waals surface area contributed by atoms with Gasteiger partial charge < -0.3 is 10.1 Å². The first-order chi connectivity index (χ1) is 5.74. The molecule has 0 aliphatic carbocycles. The fraction of sp³-hybridized carbons (Fsp3) is 0.889. The number of nitrogens with one attached hydrogen (secondary N) is 1. The molecular formula is C9H17NO2. The van der Waals surface area contributed by atoms with Crippen molar-refractivity contribution in [2.75, 3.05) is 13.2 Å². The minimum absolute atomic E-state index is 0.134. The van der Waals surface area contributed by atoms with Gasteiger partial charge in [-0.05, 0) is 13.3 Å². The van der Waals surface area contributed by atoms with E-state index in [4.69, 9.17) is 4.74 Å². The van der Waals surface area contributed by atoms with Crippen molar-refractivity contribution < 1.29 is 9.53 Å². The lowest BCUT2D eigenvalue weighted by molar-refractivity contribution is -0.121. The van der Waals surface area contributed by atoms with Crippen LogP contribution in [0.25, 0.3) is 0 Å². The van der Waals surface area contributed by atoms with Gasteiger partial charge in [-0.15, -0.1) is 0 Å². The largest absolute Gasteiger partial charge is 0.381 e. The highest BCUT2D eigenvalue weighted by molar-refractivity contribution is 5.75. The number of carbonyl (C=O) groups is 1. The van der Waals surface area contributed by atoms with Crippen molar-refractivity contribution in [2.24, 2.45) is 5.92 Å². The Balaban J connectivity index is 2.26. The van der Waals surface area contributed by atoms with E-state index in [9.17, 15) is 4.79 Å². The van der Waals surface area contributed by atoms with Crippen LogP contribution in [0, 0.1) is 5.92 Å². The molecule has 0 aromatic carbocycles. The highest BCUT2D eigenvalue weighted by atomic mass is 16.5. The van der Waals surface area contributed by atoms with Gasteiger partial charge in [-0.3, -0.25) is 4.79 Å². The van der Waals surface area contributed by atoms with Crippen LogP contribution in [0.15, 0.2) is 0 Å². The van der Waals surface area contributed by atoms with E-state index in [1.54, 1.807) is 0 Å². The molecule has 3 heteroatoms. The van der Waals surface area contributed by atoms with Crippen LogP contribution in [-0.2, 0) is 9.53 Å². The summed E-state index contributed by atoms with van der Waals surface area (Å²) >= 11 is 0. The van der Waals surface area contributed by atoms with Crippen molar-refractivity contribution >= 4 is 5.91 Å². The number of hydrogen-bond donors (Lipinski definition) is 1. The van der Waals surface area contributed by atoms with Crippen molar-refractivity contribution in [1.82, 2.24) is 5.32 Å². The fourth-order valence-corrected chi connectivity index (χ4v) is 1.42. The van der Waals surface area contributed by atoms with Gasteiger partial charge in [0.1, 0.15) is 0 Å². The maximum absolute atomic E-state index is 11.0. The summed E-state index contributed by atoms with van der Waals surface area (Å²) in [5.41, 5.74) is 0. The Hall–Kier alpha value is -0.570. The number of hydrogen-bond acceptors (Lipinski definition) is 2.